The largest absolute Gasteiger partial charge is 0.463 e. The van der Waals surface area contributed by atoms with Crippen LogP contribution in [-0.2, 0) is 4.74 Å². The van der Waals surface area contributed by atoms with E-state index in [1.165, 1.54) is 22.6 Å². The van der Waals surface area contributed by atoms with Gasteiger partial charge in [-0.1, -0.05) is 0 Å². The van der Waals surface area contributed by atoms with Crippen LogP contribution in [0, 0.1) is 15.5 Å². The van der Waals surface area contributed by atoms with Crippen molar-refractivity contribution < 1.29 is 18.3 Å². The van der Waals surface area contributed by atoms with Crippen molar-refractivity contribution in [1.29, 1.82) is 0 Å². The third-order valence-electron chi connectivity index (χ3n) is 1.14. The Hall–Kier alpha value is -0.860. The number of nitrogens with zero attached hydrogens (tertiary/aromatic N) is 2. The molecule has 0 aromatic carbocycles. The first-order valence-corrected chi connectivity index (χ1v) is 4.11. The maximum Gasteiger partial charge on any atom is 0.376 e. The smallest absolute Gasteiger partial charge is 0.376 e. The van der Waals surface area contributed by atoms with Gasteiger partial charge in [0.05, 0.1) is 7.11 Å². The van der Waals surface area contributed by atoms with Crippen LogP contribution in [0.3, 0.4) is 0 Å². The van der Waals surface area contributed by atoms with Gasteiger partial charge in [0.25, 0.3) is 0 Å². The zero-order chi connectivity index (χ0) is 10.0. The zero-order valence-electron chi connectivity index (χ0n) is 6.34. The molecule has 0 bridgehead atoms. The molecule has 0 atom stereocenters. The van der Waals surface area contributed by atoms with Crippen LogP contribution in [0.1, 0.15) is 10.6 Å². The van der Waals surface area contributed by atoms with Gasteiger partial charge in [0.1, 0.15) is 3.57 Å². The average molecular weight is 300 g/mol. The van der Waals surface area contributed by atoms with Gasteiger partial charge in [-0.05, 0) is 22.6 Å². The lowest BCUT2D eigenvalue weighted by Gasteiger charge is -1.99. The van der Waals surface area contributed by atoms with Crippen LogP contribution in [-0.4, -0.2) is 23.0 Å². The van der Waals surface area contributed by atoms with Gasteiger partial charge >= 0.3 is 5.97 Å². The van der Waals surface area contributed by atoms with Crippen LogP contribution >= 0.6 is 22.6 Å². The summed E-state index contributed by atoms with van der Waals surface area (Å²) in [6.07, 6.45) is 0. The molecule has 0 amide bonds. The summed E-state index contributed by atoms with van der Waals surface area (Å²) in [5, 5.41) is 0. The van der Waals surface area contributed by atoms with Crippen LogP contribution in [0.5, 0.6) is 0 Å². The predicted octanol–water partition coefficient (Wildman–Crippen LogP) is 1.15. The van der Waals surface area contributed by atoms with Crippen molar-refractivity contribution in [3.63, 3.8) is 0 Å². The lowest BCUT2D eigenvalue weighted by molar-refractivity contribution is 0.0583. The lowest BCUT2D eigenvalue weighted by atomic mass is 10.5. The third-order valence-corrected chi connectivity index (χ3v) is 2.03. The Morgan fingerprint density at radius 3 is 2.23 bits per heavy atom. The van der Waals surface area contributed by atoms with E-state index in [4.69, 9.17) is 0 Å². The molecule has 0 saturated heterocycles. The summed E-state index contributed by atoms with van der Waals surface area (Å²) >= 11 is 1.39. The van der Waals surface area contributed by atoms with E-state index in [2.05, 4.69) is 14.7 Å². The van der Waals surface area contributed by atoms with Gasteiger partial charge in [0.2, 0.25) is 17.7 Å². The molecule has 0 unspecified atom stereocenters. The van der Waals surface area contributed by atoms with Gasteiger partial charge in [0.15, 0.2) is 0 Å². The van der Waals surface area contributed by atoms with Crippen LogP contribution in [0.15, 0.2) is 0 Å². The zero-order valence-corrected chi connectivity index (χ0v) is 8.50. The quantitative estimate of drug-likeness (QED) is 0.443. The summed E-state index contributed by atoms with van der Waals surface area (Å²) < 4.78 is 29.3. The van der Waals surface area contributed by atoms with E-state index in [1.807, 2.05) is 0 Å². The number of aromatic nitrogens is 2. The summed E-state index contributed by atoms with van der Waals surface area (Å²) in [5.74, 6) is -3.76. The Bertz CT molecular complexity index is 335. The maximum absolute atomic E-state index is 12.7. The molecule has 0 N–H and O–H groups in total. The van der Waals surface area contributed by atoms with E-state index < -0.39 is 23.7 Å². The first-order chi connectivity index (χ1) is 6.06. The number of hydrogen-bond acceptors (Lipinski definition) is 4. The van der Waals surface area contributed by atoms with Crippen LogP contribution in [0.4, 0.5) is 8.78 Å². The second kappa shape index (κ2) is 3.90. The first kappa shape index (κ1) is 10.2. The number of methoxy groups -OCH3 is 1. The Balaban J connectivity index is 3.20. The molecule has 0 radical (unpaired) electrons. The second-order valence-corrected chi connectivity index (χ2v) is 3.01. The Morgan fingerprint density at radius 2 is 1.85 bits per heavy atom. The standard InChI is InChI=1S/C6H3F2IN2O2/c1-13-6(12)5-10-3(7)2(9)4(8)11-5/h1H3. The summed E-state index contributed by atoms with van der Waals surface area (Å²) in [4.78, 5) is 17.0. The molecule has 1 aromatic heterocycles. The molecule has 0 aliphatic carbocycles. The SMILES string of the molecule is COC(=O)c1nc(F)c(I)c(F)n1. The summed E-state index contributed by atoms with van der Waals surface area (Å²) in [7, 11) is 1.07. The minimum Gasteiger partial charge on any atom is -0.463 e. The number of halogens is 3. The third kappa shape index (κ3) is 2.08. The summed E-state index contributed by atoms with van der Waals surface area (Å²) in [6, 6.07) is 0. The van der Waals surface area contributed by atoms with Crippen molar-refractivity contribution in [3.8, 4) is 0 Å². The number of hydrogen-bond donors (Lipinski definition) is 0. The molecule has 1 heterocycles. The molecule has 1 aromatic rings. The topological polar surface area (TPSA) is 52.1 Å². The summed E-state index contributed by atoms with van der Waals surface area (Å²) in [5.41, 5.74) is 0. The van der Waals surface area contributed by atoms with Gasteiger partial charge < -0.3 is 4.74 Å². The fourth-order valence-corrected chi connectivity index (χ4v) is 0.818. The number of carbonyl (C=O) groups is 1. The number of ether oxygens (including phenoxy) is 1. The molecule has 13 heavy (non-hydrogen) atoms. The maximum atomic E-state index is 12.7. The minimum absolute atomic E-state index is 0.356. The molecule has 0 saturated carbocycles. The van der Waals surface area contributed by atoms with E-state index in [-0.39, 0.29) is 3.57 Å². The molecule has 0 aliphatic rings. The highest BCUT2D eigenvalue weighted by Gasteiger charge is 2.16. The average Bonchev–Trinajstić information content (AvgIpc) is 2.12. The normalized spacial score (nSPS) is 9.85. The van der Waals surface area contributed by atoms with Gasteiger partial charge in [-0.2, -0.15) is 18.7 Å². The van der Waals surface area contributed by atoms with E-state index in [1.54, 1.807) is 0 Å². The van der Waals surface area contributed by atoms with Crippen molar-refractivity contribution in [2.24, 2.45) is 0 Å². The molecular formula is C6H3F2IN2O2. The highest BCUT2D eigenvalue weighted by atomic mass is 127. The van der Waals surface area contributed by atoms with E-state index in [9.17, 15) is 13.6 Å². The van der Waals surface area contributed by atoms with E-state index in [0.29, 0.717) is 0 Å². The van der Waals surface area contributed by atoms with Gasteiger partial charge in [-0.15, -0.1) is 0 Å². The first-order valence-electron chi connectivity index (χ1n) is 3.03. The molecule has 1 rings (SSSR count). The lowest BCUT2D eigenvalue weighted by Crippen LogP contribution is -2.11. The van der Waals surface area contributed by atoms with Crippen molar-refractivity contribution >= 4 is 28.6 Å². The van der Waals surface area contributed by atoms with Crippen molar-refractivity contribution in [3.05, 3.63) is 21.3 Å². The van der Waals surface area contributed by atoms with Gasteiger partial charge in [-0.3, -0.25) is 0 Å². The summed E-state index contributed by atoms with van der Waals surface area (Å²) in [6.45, 7) is 0. The molecule has 0 fully saturated rings. The second-order valence-electron chi connectivity index (χ2n) is 1.93. The minimum atomic E-state index is -1.08. The van der Waals surface area contributed by atoms with E-state index in [0.717, 1.165) is 7.11 Å². The molecule has 70 valence electrons. The highest BCUT2D eigenvalue weighted by molar-refractivity contribution is 14.1. The molecule has 0 spiro atoms. The van der Waals surface area contributed by atoms with Crippen molar-refractivity contribution in [2.45, 2.75) is 0 Å². The predicted molar refractivity (Wildman–Crippen MR) is 46.0 cm³/mol. The fraction of sp³-hybridized carbons (Fsp3) is 0.167. The van der Waals surface area contributed by atoms with E-state index >= 15 is 0 Å². The van der Waals surface area contributed by atoms with Gasteiger partial charge in [-0.25, -0.2) is 4.79 Å². The fourth-order valence-electron chi connectivity index (χ4n) is 0.577. The Morgan fingerprint density at radius 1 is 1.38 bits per heavy atom. The van der Waals surface area contributed by atoms with Crippen molar-refractivity contribution in [1.82, 2.24) is 9.97 Å². The Kier molecular flexibility index (Phi) is 3.07. The van der Waals surface area contributed by atoms with Crippen LogP contribution in [0.2, 0.25) is 0 Å². The Labute approximate surface area is 85.5 Å². The molecule has 4 nitrogen and oxygen atoms in total. The molecule has 0 aliphatic heterocycles. The van der Waals surface area contributed by atoms with Gasteiger partial charge in [0, 0.05) is 0 Å². The number of esters is 1. The molecular weight excluding hydrogens is 297 g/mol. The number of carbonyl (C=O) groups excluding carboxylic acids is 1. The van der Waals surface area contributed by atoms with Crippen LogP contribution < -0.4 is 0 Å². The number of rotatable bonds is 1. The highest BCUT2D eigenvalue weighted by Crippen LogP contribution is 2.11. The molecule has 7 heteroatoms. The van der Waals surface area contributed by atoms with Crippen LogP contribution in [0.25, 0.3) is 0 Å². The monoisotopic (exact) mass is 300 g/mol. The van der Waals surface area contributed by atoms with Crippen molar-refractivity contribution in [2.75, 3.05) is 7.11 Å².